The van der Waals surface area contributed by atoms with E-state index in [1.165, 1.54) is 24.3 Å². The van der Waals surface area contributed by atoms with Crippen LogP contribution in [-0.2, 0) is 9.59 Å². The molecule has 0 unspecified atom stereocenters. The summed E-state index contributed by atoms with van der Waals surface area (Å²) < 4.78 is 4.48. The molecule has 0 radical (unpaired) electrons. The lowest BCUT2D eigenvalue weighted by molar-refractivity contribution is -0.141. The molecular weight excluding hydrogens is 160 g/mol. The molecule has 0 spiro atoms. The van der Waals surface area contributed by atoms with Gasteiger partial charge in [0, 0.05) is 6.07 Å². The van der Waals surface area contributed by atoms with Gasteiger partial charge in [0.05, 0.1) is 0 Å². The SMILES string of the molecule is O=CC(=O)Oc1cccc(O)c1. The van der Waals surface area contributed by atoms with Crippen LogP contribution >= 0.6 is 0 Å². The molecule has 1 aromatic carbocycles. The summed E-state index contributed by atoms with van der Waals surface area (Å²) in [5, 5.41) is 8.92. The van der Waals surface area contributed by atoms with E-state index in [0.717, 1.165) is 0 Å². The lowest BCUT2D eigenvalue weighted by Crippen LogP contribution is -2.08. The van der Waals surface area contributed by atoms with E-state index in [2.05, 4.69) is 4.74 Å². The van der Waals surface area contributed by atoms with Gasteiger partial charge in [-0.15, -0.1) is 0 Å². The van der Waals surface area contributed by atoms with E-state index < -0.39 is 5.97 Å². The first kappa shape index (κ1) is 8.26. The molecule has 0 aromatic heterocycles. The summed E-state index contributed by atoms with van der Waals surface area (Å²) in [6.45, 7) is 0. The van der Waals surface area contributed by atoms with Gasteiger partial charge >= 0.3 is 5.97 Å². The number of aldehydes is 1. The Morgan fingerprint density at radius 3 is 2.83 bits per heavy atom. The largest absolute Gasteiger partial charge is 0.508 e. The molecule has 62 valence electrons. The number of phenols is 1. The highest BCUT2D eigenvalue weighted by Gasteiger charge is 2.01. The fourth-order valence-corrected chi connectivity index (χ4v) is 0.687. The molecule has 0 amide bonds. The van der Waals surface area contributed by atoms with Crippen molar-refractivity contribution >= 4 is 12.3 Å². The number of phenolic OH excluding ortho intramolecular Hbond substituents is 1. The van der Waals surface area contributed by atoms with Crippen LogP contribution in [0.4, 0.5) is 0 Å². The minimum atomic E-state index is -0.986. The third kappa shape index (κ3) is 2.09. The molecule has 0 heterocycles. The maximum absolute atomic E-state index is 10.4. The third-order valence-corrected chi connectivity index (χ3v) is 1.13. The maximum atomic E-state index is 10.4. The highest BCUT2D eigenvalue weighted by molar-refractivity contribution is 6.21. The predicted octanol–water partition coefficient (Wildman–Crippen LogP) is 0.496. The monoisotopic (exact) mass is 166 g/mol. The first-order valence-electron chi connectivity index (χ1n) is 3.18. The number of rotatable bonds is 2. The van der Waals surface area contributed by atoms with E-state index in [0.29, 0.717) is 0 Å². The molecule has 0 saturated carbocycles. The number of hydrogen-bond acceptors (Lipinski definition) is 4. The van der Waals surface area contributed by atoms with Gasteiger partial charge in [-0.1, -0.05) is 6.07 Å². The van der Waals surface area contributed by atoms with Crippen molar-refractivity contribution in [3.63, 3.8) is 0 Å². The van der Waals surface area contributed by atoms with Crippen molar-refractivity contribution in [1.29, 1.82) is 0 Å². The van der Waals surface area contributed by atoms with E-state index in [-0.39, 0.29) is 17.8 Å². The van der Waals surface area contributed by atoms with Crippen LogP contribution in [0.2, 0.25) is 0 Å². The molecule has 1 N–H and O–H groups in total. The summed E-state index contributed by atoms with van der Waals surface area (Å²) >= 11 is 0. The lowest BCUT2D eigenvalue weighted by Gasteiger charge is -1.98. The quantitative estimate of drug-likeness (QED) is 0.300. The van der Waals surface area contributed by atoms with Gasteiger partial charge in [-0.2, -0.15) is 0 Å². The summed E-state index contributed by atoms with van der Waals surface area (Å²) in [7, 11) is 0. The van der Waals surface area contributed by atoms with Crippen LogP contribution in [0.5, 0.6) is 11.5 Å². The van der Waals surface area contributed by atoms with E-state index in [1.54, 1.807) is 0 Å². The number of esters is 1. The molecule has 0 saturated heterocycles. The number of hydrogen-bond donors (Lipinski definition) is 1. The van der Waals surface area contributed by atoms with E-state index in [9.17, 15) is 9.59 Å². The highest BCUT2D eigenvalue weighted by Crippen LogP contribution is 2.17. The molecule has 0 fully saturated rings. The maximum Gasteiger partial charge on any atom is 0.376 e. The normalized spacial score (nSPS) is 9.00. The van der Waals surface area contributed by atoms with Crippen molar-refractivity contribution in [3.05, 3.63) is 24.3 Å². The second-order valence-corrected chi connectivity index (χ2v) is 2.04. The van der Waals surface area contributed by atoms with Gasteiger partial charge in [0.2, 0.25) is 6.29 Å². The zero-order valence-corrected chi connectivity index (χ0v) is 6.06. The van der Waals surface area contributed by atoms with Gasteiger partial charge in [0.25, 0.3) is 0 Å². The summed E-state index contributed by atoms with van der Waals surface area (Å²) in [4.78, 5) is 20.3. The Morgan fingerprint density at radius 1 is 1.50 bits per heavy atom. The van der Waals surface area contributed by atoms with Crippen LogP contribution < -0.4 is 4.74 Å². The molecule has 0 aliphatic carbocycles. The van der Waals surface area contributed by atoms with Gasteiger partial charge in [-0.25, -0.2) is 4.79 Å². The number of carbonyl (C=O) groups excluding carboxylic acids is 2. The second kappa shape index (κ2) is 3.52. The Balaban J connectivity index is 2.76. The minimum absolute atomic E-state index is 0.0220. The van der Waals surface area contributed by atoms with Crippen molar-refractivity contribution in [2.45, 2.75) is 0 Å². The van der Waals surface area contributed by atoms with Crippen molar-refractivity contribution < 1.29 is 19.4 Å². The Hall–Kier alpha value is -1.84. The van der Waals surface area contributed by atoms with Crippen LogP contribution in [0.15, 0.2) is 24.3 Å². The predicted molar refractivity (Wildman–Crippen MR) is 39.8 cm³/mol. The van der Waals surface area contributed by atoms with Crippen LogP contribution in [0.25, 0.3) is 0 Å². The first-order chi connectivity index (χ1) is 5.72. The molecule has 12 heavy (non-hydrogen) atoms. The molecular formula is C8H6O4. The van der Waals surface area contributed by atoms with Crippen LogP contribution in [0.1, 0.15) is 0 Å². The van der Waals surface area contributed by atoms with Gasteiger partial charge in [0.15, 0.2) is 0 Å². The van der Waals surface area contributed by atoms with E-state index in [1.807, 2.05) is 0 Å². The van der Waals surface area contributed by atoms with Crippen molar-refractivity contribution in [2.75, 3.05) is 0 Å². The number of ether oxygens (including phenoxy) is 1. The number of aromatic hydroxyl groups is 1. The zero-order valence-electron chi connectivity index (χ0n) is 6.06. The molecule has 0 bridgehead atoms. The van der Waals surface area contributed by atoms with Crippen molar-refractivity contribution in [1.82, 2.24) is 0 Å². The topological polar surface area (TPSA) is 63.6 Å². The Bertz CT molecular complexity index is 306. The summed E-state index contributed by atoms with van der Waals surface area (Å²) in [5.74, 6) is -0.862. The van der Waals surface area contributed by atoms with Crippen LogP contribution in [-0.4, -0.2) is 17.4 Å². The molecule has 4 nitrogen and oxygen atoms in total. The van der Waals surface area contributed by atoms with E-state index in [4.69, 9.17) is 5.11 Å². The Morgan fingerprint density at radius 2 is 2.25 bits per heavy atom. The third-order valence-electron chi connectivity index (χ3n) is 1.13. The van der Waals surface area contributed by atoms with E-state index >= 15 is 0 Å². The fourth-order valence-electron chi connectivity index (χ4n) is 0.687. The number of carbonyl (C=O) groups is 2. The highest BCUT2D eigenvalue weighted by atomic mass is 16.5. The molecule has 0 aliphatic heterocycles. The Kier molecular flexibility index (Phi) is 2.42. The van der Waals surface area contributed by atoms with Gasteiger partial charge in [0.1, 0.15) is 11.5 Å². The van der Waals surface area contributed by atoms with Crippen LogP contribution in [0.3, 0.4) is 0 Å². The van der Waals surface area contributed by atoms with Gasteiger partial charge < -0.3 is 9.84 Å². The Labute approximate surface area is 68.4 Å². The van der Waals surface area contributed by atoms with Crippen molar-refractivity contribution in [2.24, 2.45) is 0 Å². The summed E-state index contributed by atoms with van der Waals surface area (Å²) in [6, 6.07) is 5.63. The molecule has 1 rings (SSSR count). The first-order valence-corrected chi connectivity index (χ1v) is 3.18. The zero-order chi connectivity index (χ0) is 8.97. The number of benzene rings is 1. The standard InChI is InChI=1S/C8H6O4/c9-5-8(11)12-7-3-1-2-6(10)4-7/h1-5,10H. The smallest absolute Gasteiger partial charge is 0.376 e. The molecule has 4 heteroatoms. The minimum Gasteiger partial charge on any atom is -0.508 e. The van der Waals surface area contributed by atoms with Gasteiger partial charge in [-0.05, 0) is 12.1 Å². The average molecular weight is 166 g/mol. The average Bonchev–Trinajstić information content (AvgIpc) is 2.04. The fraction of sp³-hybridized carbons (Fsp3) is 0. The molecule has 0 aliphatic rings. The molecule has 1 aromatic rings. The lowest BCUT2D eigenvalue weighted by atomic mass is 10.3. The summed E-state index contributed by atoms with van der Waals surface area (Å²) in [5.41, 5.74) is 0. The van der Waals surface area contributed by atoms with Crippen LogP contribution in [0, 0.1) is 0 Å². The molecule has 0 atom stereocenters. The summed E-state index contributed by atoms with van der Waals surface area (Å²) in [6.07, 6.45) is 0.0596. The van der Waals surface area contributed by atoms with Gasteiger partial charge in [-0.3, -0.25) is 4.79 Å². The second-order valence-electron chi connectivity index (χ2n) is 2.04. The van der Waals surface area contributed by atoms with Crippen molar-refractivity contribution in [3.8, 4) is 11.5 Å².